The lowest BCUT2D eigenvalue weighted by atomic mass is 10.3. The van der Waals surface area contributed by atoms with Gasteiger partial charge in [0, 0.05) is 10.2 Å². The van der Waals surface area contributed by atoms with E-state index in [0.717, 1.165) is 5.69 Å². The SMILES string of the molecule is Cc1ccc2nc(C(C)Cl)n(-c3c(F)cccc3Br)c2n1. The highest BCUT2D eigenvalue weighted by Crippen LogP contribution is 2.32. The molecule has 1 atom stereocenters. The molecule has 3 aromatic rings. The number of benzene rings is 1. The molecule has 0 aliphatic carbocycles. The standard InChI is InChI=1S/C15H12BrClFN3/c1-8-6-7-12-15(19-8)21(14(20-12)9(2)17)13-10(16)4-3-5-11(13)18/h3-7,9H,1-2H3. The molecule has 0 bridgehead atoms. The van der Waals surface area contributed by atoms with Gasteiger partial charge in [-0.1, -0.05) is 6.07 Å². The number of aromatic nitrogens is 3. The van der Waals surface area contributed by atoms with Crippen molar-refractivity contribution >= 4 is 38.7 Å². The molecular weight excluding hydrogens is 357 g/mol. The first kappa shape index (κ1) is 14.5. The molecule has 0 amide bonds. The van der Waals surface area contributed by atoms with Gasteiger partial charge in [-0.05, 0) is 54.0 Å². The third kappa shape index (κ3) is 2.45. The van der Waals surface area contributed by atoms with Crippen LogP contribution in [0, 0.1) is 12.7 Å². The Morgan fingerprint density at radius 1 is 1.24 bits per heavy atom. The van der Waals surface area contributed by atoms with Crippen LogP contribution in [0.5, 0.6) is 0 Å². The predicted molar refractivity (Wildman–Crippen MR) is 85.5 cm³/mol. The molecule has 2 aromatic heterocycles. The monoisotopic (exact) mass is 367 g/mol. The zero-order valence-corrected chi connectivity index (χ0v) is 13.8. The molecule has 0 saturated heterocycles. The number of halogens is 3. The minimum absolute atomic E-state index is 0.356. The Kier molecular flexibility index (Phi) is 3.71. The zero-order valence-electron chi connectivity index (χ0n) is 11.4. The number of hydrogen-bond donors (Lipinski definition) is 0. The Morgan fingerprint density at radius 3 is 2.67 bits per heavy atom. The predicted octanol–water partition coefficient (Wildman–Crippen LogP) is 4.93. The Bertz CT molecular complexity index is 809. The summed E-state index contributed by atoms with van der Waals surface area (Å²) in [5.74, 6) is 0.209. The number of pyridine rings is 1. The van der Waals surface area contributed by atoms with Gasteiger partial charge in [0.05, 0.1) is 11.1 Å². The summed E-state index contributed by atoms with van der Waals surface area (Å²) in [4.78, 5) is 8.98. The summed E-state index contributed by atoms with van der Waals surface area (Å²) in [6, 6.07) is 8.57. The van der Waals surface area contributed by atoms with Crippen LogP contribution in [-0.2, 0) is 0 Å². The van der Waals surface area contributed by atoms with Gasteiger partial charge in [-0.3, -0.25) is 4.57 Å². The van der Waals surface area contributed by atoms with E-state index in [9.17, 15) is 4.39 Å². The molecule has 21 heavy (non-hydrogen) atoms. The van der Waals surface area contributed by atoms with Gasteiger partial charge >= 0.3 is 0 Å². The largest absolute Gasteiger partial charge is 0.275 e. The average molecular weight is 369 g/mol. The third-order valence-corrected chi connectivity index (χ3v) is 4.02. The van der Waals surface area contributed by atoms with E-state index in [1.165, 1.54) is 6.07 Å². The summed E-state index contributed by atoms with van der Waals surface area (Å²) >= 11 is 9.62. The van der Waals surface area contributed by atoms with Crippen molar-refractivity contribution in [1.29, 1.82) is 0 Å². The van der Waals surface area contributed by atoms with Gasteiger partial charge in [-0.15, -0.1) is 11.6 Å². The number of aryl methyl sites for hydroxylation is 1. The van der Waals surface area contributed by atoms with Crippen molar-refractivity contribution in [2.75, 3.05) is 0 Å². The topological polar surface area (TPSA) is 30.7 Å². The van der Waals surface area contributed by atoms with E-state index < -0.39 is 0 Å². The van der Waals surface area contributed by atoms with Gasteiger partial charge in [-0.25, -0.2) is 14.4 Å². The first-order valence-electron chi connectivity index (χ1n) is 6.43. The lowest BCUT2D eigenvalue weighted by Gasteiger charge is -2.12. The summed E-state index contributed by atoms with van der Waals surface area (Å²) in [5.41, 5.74) is 2.51. The molecule has 1 unspecified atom stereocenters. The average Bonchev–Trinajstić information content (AvgIpc) is 2.78. The maximum atomic E-state index is 14.3. The number of fused-ring (bicyclic) bond motifs is 1. The van der Waals surface area contributed by atoms with Crippen LogP contribution in [0.15, 0.2) is 34.8 Å². The molecule has 2 heterocycles. The van der Waals surface area contributed by atoms with Crippen LogP contribution in [0.1, 0.15) is 23.8 Å². The Balaban J connectivity index is 2.44. The van der Waals surface area contributed by atoms with E-state index in [-0.39, 0.29) is 11.2 Å². The smallest absolute Gasteiger partial charge is 0.165 e. The molecular formula is C15H12BrClFN3. The van der Waals surface area contributed by atoms with Crippen LogP contribution in [0.4, 0.5) is 4.39 Å². The second-order valence-electron chi connectivity index (χ2n) is 4.79. The van der Waals surface area contributed by atoms with Crippen molar-refractivity contribution in [3.8, 4) is 5.69 Å². The number of rotatable bonds is 2. The summed E-state index contributed by atoms with van der Waals surface area (Å²) in [6.07, 6.45) is 0. The van der Waals surface area contributed by atoms with Crippen LogP contribution in [0.2, 0.25) is 0 Å². The highest BCUT2D eigenvalue weighted by Gasteiger charge is 2.21. The molecule has 0 radical (unpaired) electrons. The van der Waals surface area contributed by atoms with Gasteiger partial charge in [0.1, 0.15) is 17.2 Å². The zero-order chi connectivity index (χ0) is 15.1. The number of alkyl halides is 1. The van der Waals surface area contributed by atoms with E-state index in [2.05, 4.69) is 25.9 Å². The van der Waals surface area contributed by atoms with Gasteiger partial charge in [-0.2, -0.15) is 0 Å². The first-order chi connectivity index (χ1) is 9.99. The molecule has 0 spiro atoms. The van der Waals surface area contributed by atoms with E-state index in [4.69, 9.17) is 11.6 Å². The molecule has 3 nitrogen and oxygen atoms in total. The molecule has 0 fully saturated rings. The van der Waals surface area contributed by atoms with Crippen molar-refractivity contribution in [3.63, 3.8) is 0 Å². The summed E-state index contributed by atoms with van der Waals surface area (Å²) in [6.45, 7) is 3.69. The second kappa shape index (κ2) is 5.39. The Labute approximate surface area is 134 Å². The number of imidazole rings is 1. The first-order valence-corrected chi connectivity index (χ1v) is 7.66. The van der Waals surface area contributed by atoms with Crippen LogP contribution >= 0.6 is 27.5 Å². The Hall–Kier alpha value is -1.46. The highest BCUT2D eigenvalue weighted by molar-refractivity contribution is 9.10. The fourth-order valence-corrected chi connectivity index (χ4v) is 2.93. The molecule has 0 saturated carbocycles. The second-order valence-corrected chi connectivity index (χ2v) is 6.30. The molecule has 0 aliphatic rings. The quantitative estimate of drug-likeness (QED) is 0.600. The Morgan fingerprint density at radius 2 is 2.00 bits per heavy atom. The van der Waals surface area contributed by atoms with Gasteiger partial charge in [0.2, 0.25) is 0 Å². The number of nitrogens with zero attached hydrogens (tertiary/aromatic N) is 3. The molecule has 6 heteroatoms. The third-order valence-electron chi connectivity index (χ3n) is 3.19. The van der Waals surface area contributed by atoms with Crippen LogP contribution < -0.4 is 0 Å². The van der Waals surface area contributed by atoms with E-state index in [1.807, 2.05) is 19.1 Å². The summed E-state index contributed by atoms with van der Waals surface area (Å²) in [5, 5.41) is -0.369. The van der Waals surface area contributed by atoms with E-state index in [1.54, 1.807) is 23.6 Å². The van der Waals surface area contributed by atoms with Gasteiger partial charge in [0.25, 0.3) is 0 Å². The summed E-state index contributed by atoms with van der Waals surface area (Å²) in [7, 11) is 0. The fourth-order valence-electron chi connectivity index (χ4n) is 2.26. The maximum Gasteiger partial charge on any atom is 0.165 e. The fraction of sp³-hybridized carbons (Fsp3) is 0.200. The molecule has 3 rings (SSSR count). The minimum Gasteiger partial charge on any atom is -0.275 e. The van der Waals surface area contributed by atoms with Crippen LogP contribution in [0.25, 0.3) is 16.9 Å². The molecule has 1 aromatic carbocycles. The normalized spacial score (nSPS) is 12.8. The van der Waals surface area contributed by atoms with Crippen molar-refractivity contribution in [2.45, 2.75) is 19.2 Å². The molecule has 0 aliphatic heterocycles. The lowest BCUT2D eigenvalue weighted by Crippen LogP contribution is -2.06. The number of para-hydroxylation sites is 1. The van der Waals surface area contributed by atoms with E-state index in [0.29, 0.717) is 27.1 Å². The van der Waals surface area contributed by atoms with Crippen molar-refractivity contribution in [3.05, 3.63) is 52.1 Å². The van der Waals surface area contributed by atoms with E-state index >= 15 is 0 Å². The molecule has 0 N–H and O–H groups in total. The van der Waals surface area contributed by atoms with Crippen molar-refractivity contribution in [1.82, 2.24) is 14.5 Å². The van der Waals surface area contributed by atoms with Gasteiger partial charge in [0.15, 0.2) is 5.65 Å². The van der Waals surface area contributed by atoms with Crippen molar-refractivity contribution < 1.29 is 4.39 Å². The number of hydrogen-bond acceptors (Lipinski definition) is 2. The van der Waals surface area contributed by atoms with Crippen molar-refractivity contribution in [2.24, 2.45) is 0 Å². The maximum absolute atomic E-state index is 14.3. The van der Waals surface area contributed by atoms with Crippen LogP contribution in [0.3, 0.4) is 0 Å². The highest BCUT2D eigenvalue weighted by atomic mass is 79.9. The van der Waals surface area contributed by atoms with Crippen LogP contribution in [-0.4, -0.2) is 14.5 Å². The van der Waals surface area contributed by atoms with Gasteiger partial charge < -0.3 is 0 Å². The summed E-state index contributed by atoms with van der Waals surface area (Å²) < 4.78 is 16.6. The lowest BCUT2D eigenvalue weighted by molar-refractivity contribution is 0.615. The minimum atomic E-state index is -0.369. The molecule has 108 valence electrons.